The van der Waals surface area contributed by atoms with Crippen LogP contribution in [0.5, 0.6) is 0 Å². The molecule has 2 aromatic carbocycles. The zero-order valence-electron chi connectivity index (χ0n) is 17.7. The Hall–Kier alpha value is -3.61. The second-order valence-electron chi connectivity index (χ2n) is 7.17. The topological polar surface area (TPSA) is 99.4 Å². The van der Waals surface area contributed by atoms with Crippen LogP contribution < -0.4 is 5.32 Å². The second kappa shape index (κ2) is 9.48. The fraction of sp³-hybridized carbons (Fsp3) is 0.130. The SMILES string of the molecule is Cc1c(C#N)c(NC(=O)CSc2n[nH]c(-c3ccc(Cl)cc3)n2)n(-c2cccc(F)c2)c1C. The van der Waals surface area contributed by atoms with Crippen molar-refractivity contribution in [3.63, 3.8) is 0 Å². The van der Waals surface area contributed by atoms with Gasteiger partial charge in [-0.05, 0) is 61.9 Å². The monoisotopic (exact) mass is 480 g/mol. The van der Waals surface area contributed by atoms with Crippen LogP contribution in [0.2, 0.25) is 5.02 Å². The van der Waals surface area contributed by atoms with E-state index in [-0.39, 0.29) is 11.7 Å². The van der Waals surface area contributed by atoms with Gasteiger partial charge in [-0.1, -0.05) is 29.4 Å². The van der Waals surface area contributed by atoms with Crippen molar-refractivity contribution in [1.82, 2.24) is 19.7 Å². The van der Waals surface area contributed by atoms with Crippen molar-refractivity contribution in [3.8, 4) is 23.1 Å². The molecule has 0 radical (unpaired) electrons. The predicted octanol–water partition coefficient (Wildman–Crippen LogP) is 5.27. The molecule has 7 nitrogen and oxygen atoms in total. The fourth-order valence-corrected chi connectivity index (χ4v) is 4.07. The van der Waals surface area contributed by atoms with Crippen molar-refractivity contribution in [3.05, 3.63) is 76.2 Å². The van der Waals surface area contributed by atoms with E-state index in [0.717, 1.165) is 23.0 Å². The van der Waals surface area contributed by atoms with Crippen LogP contribution in [0, 0.1) is 31.0 Å². The van der Waals surface area contributed by atoms with E-state index in [1.807, 2.05) is 19.1 Å². The third-order valence-electron chi connectivity index (χ3n) is 5.06. The van der Waals surface area contributed by atoms with Gasteiger partial charge in [-0.2, -0.15) is 5.26 Å². The number of nitriles is 1. The lowest BCUT2D eigenvalue weighted by molar-refractivity contribution is -0.113. The lowest BCUT2D eigenvalue weighted by atomic mass is 10.2. The lowest BCUT2D eigenvalue weighted by Crippen LogP contribution is -2.18. The summed E-state index contributed by atoms with van der Waals surface area (Å²) in [6, 6.07) is 15.3. The molecule has 2 heterocycles. The molecule has 1 amide bonds. The van der Waals surface area contributed by atoms with E-state index in [1.165, 1.54) is 12.1 Å². The highest BCUT2D eigenvalue weighted by Crippen LogP contribution is 2.30. The van der Waals surface area contributed by atoms with Crippen molar-refractivity contribution in [2.24, 2.45) is 0 Å². The van der Waals surface area contributed by atoms with Crippen LogP contribution in [-0.4, -0.2) is 31.4 Å². The number of anilines is 1. The van der Waals surface area contributed by atoms with Gasteiger partial charge in [-0.3, -0.25) is 14.5 Å². The first kappa shape index (κ1) is 22.6. The number of aromatic amines is 1. The normalized spacial score (nSPS) is 10.8. The molecular weight excluding hydrogens is 463 g/mol. The van der Waals surface area contributed by atoms with Gasteiger partial charge in [0.1, 0.15) is 17.7 Å². The highest BCUT2D eigenvalue weighted by molar-refractivity contribution is 7.99. The van der Waals surface area contributed by atoms with E-state index in [2.05, 4.69) is 26.6 Å². The molecule has 0 bridgehead atoms. The molecular formula is C23H18ClFN6OS. The van der Waals surface area contributed by atoms with Crippen LogP contribution in [0.1, 0.15) is 16.8 Å². The molecule has 0 spiro atoms. The minimum atomic E-state index is -0.411. The van der Waals surface area contributed by atoms with Gasteiger partial charge in [0, 0.05) is 16.3 Å². The Bertz CT molecular complexity index is 1370. The van der Waals surface area contributed by atoms with E-state index in [9.17, 15) is 14.4 Å². The molecule has 0 aliphatic carbocycles. The predicted molar refractivity (Wildman–Crippen MR) is 126 cm³/mol. The first-order valence-corrected chi connectivity index (χ1v) is 11.2. The molecule has 0 fully saturated rings. The number of halogens is 2. The Balaban J connectivity index is 1.52. The maximum Gasteiger partial charge on any atom is 0.236 e. The summed E-state index contributed by atoms with van der Waals surface area (Å²) in [6.07, 6.45) is 0. The standard InChI is InChI=1S/C23H18ClFN6OS/c1-13-14(2)31(18-5-3-4-17(25)10-18)22(19(13)11-26)27-20(32)12-33-23-28-21(29-30-23)15-6-8-16(24)9-7-15/h3-10H,12H2,1-2H3,(H,27,32)(H,28,29,30). The number of amides is 1. The number of hydrogen-bond acceptors (Lipinski definition) is 5. The van der Waals surface area contributed by atoms with Crippen molar-refractivity contribution < 1.29 is 9.18 Å². The summed E-state index contributed by atoms with van der Waals surface area (Å²) in [5.41, 5.74) is 3.12. The van der Waals surface area contributed by atoms with E-state index >= 15 is 0 Å². The average Bonchev–Trinajstić information content (AvgIpc) is 3.36. The summed E-state index contributed by atoms with van der Waals surface area (Å²) < 4.78 is 15.5. The molecule has 0 saturated carbocycles. The molecule has 0 unspecified atom stereocenters. The van der Waals surface area contributed by atoms with Crippen LogP contribution in [0.15, 0.2) is 53.7 Å². The summed E-state index contributed by atoms with van der Waals surface area (Å²) in [5, 5.41) is 20.5. The van der Waals surface area contributed by atoms with Gasteiger partial charge >= 0.3 is 0 Å². The number of aromatic nitrogens is 4. The Labute approximate surface area is 198 Å². The minimum Gasteiger partial charge on any atom is -0.310 e. The molecule has 166 valence electrons. The van der Waals surface area contributed by atoms with Crippen LogP contribution in [0.4, 0.5) is 10.2 Å². The molecule has 33 heavy (non-hydrogen) atoms. The number of carbonyl (C=O) groups excluding carboxylic acids is 1. The van der Waals surface area contributed by atoms with Crippen LogP contribution in [-0.2, 0) is 4.79 Å². The Kier molecular flexibility index (Phi) is 6.49. The number of H-pyrrole nitrogens is 1. The molecule has 4 aromatic rings. The minimum absolute atomic E-state index is 0.0230. The molecule has 0 atom stereocenters. The van der Waals surface area contributed by atoms with Gasteiger partial charge in [0.05, 0.1) is 17.0 Å². The maximum absolute atomic E-state index is 13.8. The molecule has 0 saturated heterocycles. The fourth-order valence-electron chi connectivity index (χ4n) is 3.34. The number of hydrogen-bond donors (Lipinski definition) is 2. The van der Waals surface area contributed by atoms with Gasteiger partial charge in [0.15, 0.2) is 5.82 Å². The maximum atomic E-state index is 13.8. The van der Waals surface area contributed by atoms with Crippen molar-refractivity contribution in [2.75, 3.05) is 11.1 Å². The Morgan fingerprint density at radius 3 is 2.73 bits per heavy atom. The number of nitrogens with zero attached hydrogens (tertiary/aromatic N) is 4. The van der Waals surface area contributed by atoms with Crippen molar-refractivity contribution >= 4 is 35.1 Å². The molecule has 4 rings (SSSR count). The van der Waals surface area contributed by atoms with E-state index < -0.39 is 5.82 Å². The van der Waals surface area contributed by atoms with Crippen molar-refractivity contribution in [1.29, 1.82) is 5.26 Å². The Morgan fingerprint density at radius 1 is 1.27 bits per heavy atom. The zero-order valence-corrected chi connectivity index (χ0v) is 19.3. The first-order chi connectivity index (χ1) is 15.9. The number of benzene rings is 2. The summed E-state index contributed by atoms with van der Waals surface area (Å²) in [7, 11) is 0. The lowest BCUT2D eigenvalue weighted by Gasteiger charge is -2.13. The van der Waals surface area contributed by atoms with E-state index in [1.54, 1.807) is 35.8 Å². The summed E-state index contributed by atoms with van der Waals surface area (Å²) in [4.78, 5) is 17.1. The third kappa shape index (κ3) is 4.77. The van der Waals surface area contributed by atoms with E-state index in [4.69, 9.17) is 11.6 Å². The molecule has 0 aliphatic rings. The van der Waals surface area contributed by atoms with Gasteiger partial charge < -0.3 is 5.32 Å². The smallest absolute Gasteiger partial charge is 0.236 e. The summed E-state index contributed by atoms with van der Waals surface area (Å²) in [6.45, 7) is 3.61. The van der Waals surface area contributed by atoms with Crippen LogP contribution in [0.25, 0.3) is 17.1 Å². The first-order valence-electron chi connectivity index (χ1n) is 9.86. The highest BCUT2D eigenvalue weighted by Gasteiger charge is 2.21. The van der Waals surface area contributed by atoms with Crippen LogP contribution >= 0.6 is 23.4 Å². The molecule has 0 aliphatic heterocycles. The van der Waals surface area contributed by atoms with Crippen LogP contribution in [0.3, 0.4) is 0 Å². The average molecular weight is 481 g/mol. The number of rotatable bonds is 6. The van der Waals surface area contributed by atoms with E-state index in [0.29, 0.717) is 38.6 Å². The van der Waals surface area contributed by atoms with Gasteiger partial charge in [-0.25, -0.2) is 9.37 Å². The number of thioether (sulfide) groups is 1. The highest BCUT2D eigenvalue weighted by atomic mass is 35.5. The number of carbonyl (C=O) groups is 1. The van der Waals surface area contributed by atoms with Gasteiger partial charge in [-0.15, -0.1) is 5.10 Å². The summed E-state index contributed by atoms with van der Waals surface area (Å²) in [5.74, 6) is 0.137. The van der Waals surface area contributed by atoms with Gasteiger partial charge in [0.2, 0.25) is 11.1 Å². The van der Waals surface area contributed by atoms with Crippen molar-refractivity contribution in [2.45, 2.75) is 19.0 Å². The third-order valence-corrected chi connectivity index (χ3v) is 6.16. The Morgan fingerprint density at radius 2 is 2.03 bits per heavy atom. The van der Waals surface area contributed by atoms with Gasteiger partial charge in [0.25, 0.3) is 0 Å². The number of nitrogens with one attached hydrogen (secondary N) is 2. The summed E-state index contributed by atoms with van der Waals surface area (Å²) >= 11 is 7.06. The largest absolute Gasteiger partial charge is 0.310 e. The molecule has 2 aromatic heterocycles. The molecule has 2 N–H and O–H groups in total. The quantitative estimate of drug-likeness (QED) is 0.366. The zero-order chi connectivity index (χ0) is 23.5. The second-order valence-corrected chi connectivity index (χ2v) is 8.55. The molecule has 10 heteroatoms.